The highest BCUT2D eigenvalue weighted by molar-refractivity contribution is 7.91. The summed E-state index contributed by atoms with van der Waals surface area (Å²) < 4.78 is 25.9. The normalized spacial score (nSPS) is 19.2. The van der Waals surface area contributed by atoms with Crippen molar-refractivity contribution in [2.45, 2.75) is 57.6 Å². The van der Waals surface area contributed by atoms with Crippen molar-refractivity contribution in [2.24, 2.45) is 5.92 Å². The third-order valence-corrected chi connectivity index (χ3v) is 7.51. The van der Waals surface area contributed by atoms with Crippen LogP contribution in [-0.2, 0) is 9.84 Å². The molecule has 1 aliphatic rings. The zero-order chi connectivity index (χ0) is 20.7. The molecule has 0 bridgehead atoms. The molecule has 1 saturated carbocycles. The topological polar surface area (TPSA) is 43.4 Å². The molecule has 2 unspecified atom stereocenters. The van der Waals surface area contributed by atoms with Gasteiger partial charge in [-0.05, 0) is 67.3 Å². The molecule has 2 aromatic rings. The van der Waals surface area contributed by atoms with Crippen LogP contribution in [0.1, 0.15) is 57.9 Å². The number of benzene rings is 2. The van der Waals surface area contributed by atoms with Gasteiger partial charge in [0.15, 0.2) is 0 Å². The van der Waals surface area contributed by atoms with E-state index < -0.39 is 9.84 Å². The van der Waals surface area contributed by atoms with Gasteiger partial charge in [-0.1, -0.05) is 56.2 Å². The highest BCUT2D eigenvalue weighted by Crippen LogP contribution is 2.41. The monoisotopic (exact) mass is 402 g/mol. The molecule has 2 atom stereocenters. The number of methoxy groups -OCH3 is 1. The molecule has 0 radical (unpaired) electrons. The van der Waals surface area contributed by atoms with E-state index in [1.54, 1.807) is 21.0 Å². The van der Waals surface area contributed by atoms with Crippen molar-refractivity contribution in [3.8, 4) is 16.9 Å². The number of hydrogen-bond donors (Lipinski definition) is 0. The largest absolute Gasteiger partial charge is 0.497 e. The Morgan fingerprint density at radius 1 is 0.964 bits per heavy atom. The van der Waals surface area contributed by atoms with Gasteiger partial charge in [-0.15, -0.1) is 0 Å². The fourth-order valence-corrected chi connectivity index (χ4v) is 3.67. The van der Waals surface area contributed by atoms with Gasteiger partial charge in [-0.25, -0.2) is 8.42 Å². The summed E-state index contributed by atoms with van der Waals surface area (Å²) in [4.78, 5) is 0. The minimum Gasteiger partial charge on any atom is -0.497 e. The highest BCUT2D eigenvalue weighted by Gasteiger charge is 2.26. The SMILES string of the molecule is CC(C)S(C)(=O)=O.CCC1CCCC1c1ccc(-c2ccc(OC)cc2)cc1. The first-order chi connectivity index (χ1) is 13.3. The van der Waals surface area contributed by atoms with Gasteiger partial charge in [0.1, 0.15) is 15.6 Å². The summed E-state index contributed by atoms with van der Waals surface area (Å²) in [5.41, 5.74) is 4.06. The molecule has 0 heterocycles. The molecule has 0 aliphatic heterocycles. The third-order valence-electron chi connectivity index (χ3n) is 5.80. The van der Waals surface area contributed by atoms with Crippen LogP contribution >= 0.6 is 0 Å². The van der Waals surface area contributed by atoms with Crippen LogP contribution in [-0.4, -0.2) is 27.0 Å². The number of ether oxygens (including phenoxy) is 1. The van der Waals surface area contributed by atoms with Crippen LogP contribution in [0.5, 0.6) is 5.75 Å². The number of rotatable bonds is 5. The van der Waals surface area contributed by atoms with E-state index in [4.69, 9.17) is 4.74 Å². The standard InChI is InChI=1S/C20H24O.C4H10O2S/c1-3-15-5-4-6-20(15)18-9-7-16(8-10-18)17-11-13-19(21-2)14-12-17;1-4(2)7(3,5)6/h7-15,20H,3-6H2,1-2H3;4H,1-3H3. The van der Waals surface area contributed by atoms with Gasteiger partial charge in [0, 0.05) is 6.26 Å². The van der Waals surface area contributed by atoms with Gasteiger partial charge in [-0.2, -0.15) is 0 Å². The molecule has 28 heavy (non-hydrogen) atoms. The van der Waals surface area contributed by atoms with Crippen molar-refractivity contribution >= 4 is 9.84 Å². The summed E-state index contributed by atoms with van der Waals surface area (Å²) in [5, 5.41) is -0.229. The van der Waals surface area contributed by atoms with Crippen molar-refractivity contribution in [1.82, 2.24) is 0 Å². The summed E-state index contributed by atoms with van der Waals surface area (Å²) >= 11 is 0. The summed E-state index contributed by atoms with van der Waals surface area (Å²) in [6.07, 6.45) is 6.70. The van der Waals surface area contributed by atoms with Gasteiger partial charge in [-0.3, -0.25) is 0 Å². The van der Waals surface area contributed by atoms with Crippen molar-refractivity contribution in [3.63, 3.8) is 0 Å². The van der Waals surface area contributed by atoms with E-state index >= 15 is 0 Å². The maximum atomic E-state index is 10.3. The maximum Gasteiger partial charge on any atom is 0.149 e. The maximum absolute atomic E-state index is 10.3. The van der Waals surface area contributed by atoms with Crippen LogP contribution in [0.25, 0.3) is 11.1 Å². The number of sulfone groups is 1. The van der Waals surface area contributed by atoms with E-state index in [0.29, 0.717) is 0 Å². The summed E-state index contributed by atoms with van der Waals surface area (Å²) in [6, 6.07) is 17.5. The first-order valence-electron chi connectivity index (χ1n) is 10.2. The van der Waals surface area contributed by atoms with Crippen LogP contribution in [0.3, 0.4) is 0 Å². The van der Waals surface area contributed by atoms with E-state index in [2.05, 4.69) is 43.3 Å². The zero-order valence-corrected chi connectivity index (χ0v) is 18.6. The molecule has 1 fully saturated rings. The fraction of sp³-hybridized carbons (Fsp3) is 0.500. The highest BCUT2D eigenvalue weighted by atomic mass is 32.2. The van der Waals surface area contributed by atoms with E-state index in [9.17, 15) is 8.42 Å². The second-order valence-electron chi connectivity index (χ2n) is 7.93. The Morgan fingerprint density at radius 3 is 1.89 bits per heavy atom. The molecule has 2 aromatic carbocycles. The Morgan fingerprint density at radius 2 is 1.46 bits per heavy atom. The molecule has 0 amide bonds. The lowest BCUT2D eigenvalue weighted by molar-refractivity contribution is 0.415. The van der Waals surface area contributed by atoms with E-state index in [-0.39, 0.29) is 5.25 Å². The van der Waals surface area contributed by atoms with Crippen LogP contribution in [0.15, 0.2) is 48.5 Å². The van der Waals surface area contributed by atoms with Crippen LogP contribution in [0.2, 0.25) is 0 Å². The summed E-state index contributed by atoms with van der Waals surface area (Å²) in [5.74, 6) is 2.57. The molecule has 0 N–H and O–H groups in total. The Kier molecular flexibility index (Phi) is 8.11. The van der Waals surface area contributed by atoms with Crippen molar-refractivity contribution in [2.75, 3.05) is 13.4 Å². The van der Waals surface area contributed by atoms with Crippen molar-refractivity contribution in [3.05, 3.63) is 54.1 Å². The predicted molar refractivity (Wildman–Crippen MR) is 119 cm³/mol. The third kappa shape index (κ3) is 6.10. The molecule has 4 heteroatoms. The Hall–Kier alpha value is -1.81. The molecular formula is C24H34O3S. The molecule has 3 rings (SSSR count). The average Bonchev–Trinajstić information content (AvgIpc) is 3.17. The average molecular weight is 403 g/mol. The van der Waals surface area contributed by atoms with Gasteiger partial charge in [0.2, 0.25) is 0 Å². The van der Waals surface area contributed by atoms with Gasteiger partial charge in [0.25, 0.3) is 0 Å². The lowest BCUT2D eigenvalue weighted by atomic mass is 9.86. The van der Waals surface area contributed by atoms with Crippen molar-refractivity contribution in [1.29, 1.82) is 0 Å². The fourth-order valence-electron chi connectivity index (χ4n) is 3.67. The Bertz CT molecular complexity index is 821. The van der Waals surface area contributed by atoms with E-state index in [0.717, 1.165) is 17.6 Å². The Labute approximate surface area is 171 Å². The predicted octanol–water partition coefficient (Wildman–Crippen LogP) is 6.10. The van der Waals surface area contributed by atoms with Gasteiger partial charge < -0.3 is 4.74 Å². The second kappa shape index (κ2) is 10.1. The lowest BCUT2D eigenvalue weighted by Gasteiger charge is -2.18. The minimum absolute atomic E-state index is 0.229. The van der Waals surface area contributed by atoms with Crippen LogP contribution in [0, 0.1) is 5.92 Å². The first kappa shape index (κ1) is 22.5. The smallest absolute Gasteiger partial charge is 0.149 e. The molecule has 1 aliphatic carbocycles. The zero-order valence-electron chi connectivity index (χ0n) is 17.8. The molecule has 0 aromatic heterocycles. The minimum atomic E-state index is -2.74. The van der Waals surface area contributed by atoms with Gasteiger partial charge in [0.05, 0.1) is 12.4 Å². The molecule has 0 spiro atoms. The van der Waals surface area contributed by atoms with Gasteiger partial charge >= 0.3 is 0 Å². The molecule has 0 saturated heterocycles. The molecular weight excluding hydrogens is 368 g/mol. The first-order valence-corrected chi connectivity index (χ1v) is 12.1. The van der Waals surface area contributed by atoms with Crippen molar-refractivity contribution < 1.29 is 13.2 Å². The summed E-state index contributed by atoms with van der Waals surface area (Å²) in [6.45, 7) is 5.65. The Balaban J connectivity index is 0.000000345. The van der Waals surface area contributed by atoms with E-state index in [1.807, 2.05) is 12.1 Å². The lowest BCUT2D eigenvalue weighted by Crippen LogP contribution is -2.10. The van der Waals surface area contributed by atoms with Crippen LogP contribution in [0.4, 0.5) is 0 Å². The van der Waals surface area contributed by atoms with Crippen LogP contribution < -0.4 is 4.74 Å². The number of hydrogen-bond acceptors (Lipinski definition) is 3. The van der Waals surface area contributed by atoms with E-state index in [1.165, 1.54) is 48.6 Å². The summed E-state index contributed by atoms with van der Waals surface area (Å²) in [7, 11) is -1.04. The second-order valence-corrected chi connectivity index (χ2v) is 10.5. The molecule has 154 valence electrons. The molecule has 3 nitrogen and oxygen atoms in total. The quantitative estimate of drug-likeness (QED) is 0.607.